The average Bonchev–Trinajstić information content (AvgIpc) is 2.68. The predicted molar refractivity (Wildman–Crippen MR) is 106 cm³/mol. The Hall–Kier alpha value is -2.70. The van der Waals surface area contributed by atoms with Crippen molar-refractivity contribution in [2.75, 3.05) is 6.61 Å². The zero-order valence-corrected chi connectivity index (χ0v) is 16.4. The molecule has 3 atom stereocenters. The quantitative estimate of drug-likeness (QED) is 0.743. The van der Waals surface area contributed by atoms with Gasteiger partial charge in [0.25, 0.3) is 11.5 Å². The highest BCUT2D eigenvalue weighted by Gasteiger charge is 2.28. The Morgan fingerprint density at radius 3 is 2.86 bits per heavy atom. The van der Waals surface area contributed by atoms with Crippen molar-refractivity contribution in [2.45, 2.75) is 52.0 Å². The van der Waals surface area contributed by atoms with Crippen LogP contribution in [0, 0.1) is 11.8 Å². The van der Waals surface area contributed by atoms with Gasteiger partial charge in [-0.2, -0.15) is 0 Å². The minimum Gasteiger partial charge on any atom is -0.456 e. The van der Waals surface area contributed by atoms with Crippen molar-refractivity contribution in [3.8, 4) is 0 Å². The summed E-state index contributed by atoms with van der Waals surface area (Å²) in [4.78, 5) is 43.1. The number of aryl methyl sites for hydroxylation is 1. The molecule has 0 bridgehead atoms. The second kappa shape index (κ2) is 8.99. The molecule has 0 radical (unpaired) electrons. The van der Waals surface area contributed by atoms with Crippen molar-refractivity contribution in [1.29, 1.82) is 0 Å². The largest absolute Gasteiger partial charge is 0.456 e. The molecule has 1 amide bonds. The van der Waals surface area contributed by atoms with Crippen LogP contribution in [-0.2, 0) is 20.7 Å². The summed E-state index contributed by atoms with van der Waals surface area (Å²) in [5.74, 6) is 0.671. The molecule has 0 unspecified atom stereocenters. The number of benzene rings is 1. The van der Waals surface area contributed by atoms with Gasteiger partial charge >= 0.3 is 5.97 Å². The summed E-state index contributed by atoms with van der Waals surface area (Å²) >= 11 is 0. The fourth-order valence-corrected chi connectivity index (χ4v) is 3.73. The van der Waals surface area contributed by atoms with Crippen LogP contribution in [0.4, 0.5) is 0 Å². The zero-order chi connectivity index (χ0) is 20.1. The van der Waals surface area contributed by atoms with Crippen molar-refractivity contribution in [1.82, 2.24) is 15.3 Å². The Bertz CT molecular complexity index is 908. The van der Waals surface area contributed by atoms with Crippen molar-refractivity contribution in [2.24, 2.45) is 11.8 Å². The van der Waals surface area contributed by atoms with E-state index in [1.54, 1.807) is 24.3 Å². The molecule has 1 aromatic heterocycles. The molecule has 0 spiro atoms. The summed E-state index contributed by atoms with van der Waals surface area (Å²) in [5.41, 5.74) is 0.356. The first-order chi connectivity index (χ1) is 13.4. The van der Waals surface area contributed by atoms with E-state index in [-0.39, 0.29) is 37.0 Å². The number of hydrogen-bond acceptors (Lipinski definition) is 5. The number of nitrogens with one attached hydrogen (secondary N) is 2. The van der Waals surface area contributed by atoms with E-state index in [4.69, 9.17) is 4.74 Å². The molecule has 1 aliphatic rings. The zero-order valence-electron chi connectivity index (χ0n) is 16.4. The Morgan fingerprint density at radius 1 is 1.25 bits per heavy atom. The number of esters is 1. The van der Waals surface area contributed by atoms with Gasteiger partial charge in [0.05, 0.1) is 17.3 Å². The van der Waals surface area contributed by atoms with E-state index in [9.17, 15) is 14.4 Å². The summed E-state index contributed by atoms with van der Waals surface area (Å²) in [5, 5.41) is 3.49. The third-order valence-electron chi connectivity index (χ3n) is 5.65. The molecule has 2 N–H and O–H groups in total. The fourth-order valence-electron chi connectivity index (χ4n) is 3.73. The van der Waals surface area contributed by atoms with Crippen LogP contribution < -0.4 is 10.9 Å². The average molecular weight is 385 g/mol. The van der Waals surface area contributed by atoms with Gasteiger partial charge in [-0.3, -0.25) is 14.4 Å². The lowest BCUT2D eigenvalue weighted by Crippen LogP contribution is -2.45. The number of rotatable bonds is 6. The van der Waals surface area contributed by atoms with Crippen molar-refractivity contribution in [3.63, 3.8) is 0 Å². The van der Waals surface area contributed by atoms with Crippen LogP contribution in [0.25, 0.3) is 10.9 Å². The number of nitrogens with zero attached hydrogens (tertiary/aromatic N) is 1. The SMILES string of the molecule is C[C@@H]1[C@H](C)CCC[C@@H]1NC(=O)COC(=O)CCc1nc2ccccc2c(=O)[nH]1. The molecule has 150 valence electrons. The minimum atomic E-state index is -0.490. The minimum absolute atomic E-state index is 0.0470. The molecule has 3 rings (SSSR count). The van der Waals surface area contributed by atoms with Gasteiger partial charge in [-0.05, 0) is 30.4 Å². The van der Waals surface area contributed by atoms with E-state index in [0.29, 0.717) is 28.6 Å². The maximum absolute atomic E-state index is 12.1. The monoisotopic (exact) mass is 385 g/mol. The molecule has 7 heteroatoms. The number of ether oxygens (including phenoxy) is 1. The van der Waals surface area contributed by atoms with Crippen LogP contribution in [0.3, 0.4) is 0 Å². The molecule has 0 aliphatic heterocycles. The lowest BCUT2D eigenvalue weighted by atomic mass is 9.78. The molecule has 1 aromatic carbocycles. The molecule has 1 heterocycles. The Morgan fingerprint density at radius 2 is 2.04 bits per heavy atom. The molecular weight excluding hydrogens is 358 g/mol. The summed E-state index contributed by atoms with van der Waals surface area (Å²) in [6.45, 7) is 4.07. The van der Waals surface area contributed by atoms with E-state index in [1.807, 2.05) is 0 Å². The van der Waals surface area contributed by atoms with Crippen molar-refractivity contribution >= 4 is 22.8 Å². The highest BCUT2D eigenvalue weighted by Crippen LogP contribution is 2.29. The fraction of sp³-hybridized carbons (Fsp3) is 0.524. The standard InChI is InChI=1S/C21H27N3O4/c1-13-6-5-9-16(14(13)2)23-19(25)12-28-20(26)11-10-18-22-17-8-4-3-7-15(17)21(27)24-18/h3-4,7-8,13-14,16H,5-6,9-12H2,1-2H3,(H,23,25)(H,22,24,27)/t13-,14-,16+/m1/s1. The summed E-state index contributed by atoms with van der Waals surface area (Å²) in [6, 6.07) is 7.17. The van der Waals surface area contributed by atoms with E-state index >= 15 is 0 Å². The second-order valence-corrected chi connectivity index (χ2v) is 7.63. The van der Waals surface area contributed by atoms with Crippen LogP contribution in [0.2, 0.25) is 0 Å². The van der Waals surface area contributed by atoms with Crippen LogP contribution in [0.15, 0.2) is 29.1 Å². The third-order valence-corrected chi connectivity index (χ3v) is 5.65. The number of aromatic nitrogens is 2. The highest BCUT2D eigenvalue weighted by atomic mass is 16.5. The number of carbonyl (C=O) groups excluding carboxylic acids is 2. The number of para-hydroxylation sites is 1. The van der Waals surface area contributed by atoms with E-state index in [2.05, 4.69) is 29.1 Å². The van der Waals surface area contributed by atoms with E-state index < -0.39 is 5.97 Å². The highest BCUT2D eigenvalue weighted by molar-refractivity contribution is 5.81. The van der Waals surface area contributed by atoms with Crippen molar-refractivity contribution in [3.05, 3.63) is 40.4 Å². The van der Waals surface area contributed by atoms with Gasteiger partial charge in [0.1, 0.15) is 5.82 Å². The van der Waals surface area contributed by atoms with E-state index in [1.165, 1.54) is 6.42 Å². The van der Waals surface area contributed by atoms with Crippen LogP contribution in [-0.4, -0.2) is 34.5 Å². The number of amides is 1. The number of hydrogen-bond donors (Lipinski definition) is 2. The number of fused-ring (bicyclic) bond motifs is 1. The third kappa shape index (κ3) is 4.97. The summed E-state index contributed by atoms with van der Waals surface area (Å²) in [7, 11) is 0. The molecule has 28 heavy (non-hydrogen) atoms. The first kappa shape index (κ1) is 20.0. The number of aromatic amines is 1. The van der Waals surface area contributed by atoms with Gasteiger partial charge < -0.3 is 15.0 Å². The summed E-state index contributed by atoms with van der Waals surface area (Å²) < 4.78 is 5.08. The van der Waals surface area contributed by atoms with E-state index in [0.717, 1.165) is 12.8 Å². The predicted octanol–water partition coefficient (Wildman–Crippen LogP) is 2.34. The molecule has 2 aromatic rings. The topological polar surface area (TPSA) is 101 Å². The Labute approximate surface area is 163 Å². The lowest BCUT2D eigenvalue weighted by Gasteiger charge is -2.34. The lowest BCUT2D eigenvalue weighted by molar-refractivity contribution is -0.148. The van der Waals surface area contributed by atoms with Gasteiger partial charge in [0.2, 0.25) is 0 Å². The molecule has 1 saturated carbocycles. The van der Waals surface area contributed by atoms with Gasteiger partial charge in [0.15, 0.2) is 6.61 Å². The summed E-state index contributed by atoms with van der Waals surface area (Å²) in [6.07, 6.45) is 3.55. The van der Waals surface area contributed by atoms with Gasteiger partial charge in [-0.15, -0.1) is 0 Å². The van der Waals surface area contributed by atoms with Crippen molar-refractivity contribution < 1.29 is 14.3 Å². The van der Waals surface area contributed by atoms with Crippen LogP contribution in [0.5, 0.6) is 0 Å². The molecule has 7 nitrogen and oxygen atoms in total. The smallest absolute Gasteiger partial charge is 0.306 e. The second-order valence-electron chi connectivity index (χ2n) is 7.63. The molecule has 1 fully saturated rings. The van der Waals surface area contributed by atoms with Gasteiger partial charge in [0, 0.05) is 12.5 Å². The van der Waals surface area contributed by atoms with Crippen LogP contribution in [0.1, 0.15) is 45.4 Å². The number of carbonyl (C=O) groups is 2. The number of H-pyrrole nitrogens is 1. The first-order valence-corrected chi connectivity index (χ1v) is 9.87. The Balaban J connectivity index is 1.46. The maximum atomic E-state index is 12.1. The molecular formula is C21H27N3O4. The normalized spacial score (nSPS) is 22.0. The van der Waals surface area contributed by atoms with Gasteiger partial charge in [-0.1, -0.05) is 38.8 Å². The van der Waals surface area contributed by atoms with Crippen LogP contribution >= 0.6 is 0 Å². The first-order valence-electron chi connectivity index (χ1n) is 9.87. The Kier molecular flexibility index (Phi) is 6.44. The van der Waals surface area contributed by atoms with Gasteiger partial charge in [-0.25, -0.2) is 4.98 Å². The molecule has 0 saturated heterocycles. The maximum Gasteiger partial charge on any atom is 0.306 e. The molecule has 1 aliphatic carbocycles.